The van der Waals surface area contributed by atoms with Crippen molar-refractivity contribution in [2.45, 2.75) is 57.5 Å². The lowest BCUT2D eigenvalue weighted by Gasteiger charge is -2.12. The molecule has 0 saturated heterocycles. The third-order valence-corrected chi connectivity index (χ3v) is 4.87. The lowest BCUT2D eigenvalue weighted by molar-refractivity contribution is -0.120. The molecular formula is C15H21N5OS2. The van der Waals surface area contributed by atoms with Crippen LogP contribution in [-0.2, 0) is 11.3 Å². The number of amides is 1. The van der Waals surface area contributed by atoms with Gasteiger partial charge in [-0.2, -0.15) is 0 Å². The summed E-state index contributed by atoms with van der Waals surface area (Å²) in [7, 11) is 0. The van der Waals surface area contributed by atoms with Gasteiger partial charge in [-0.15, -0.1) is 5.10 Å². The van der Waals surface area contributed by atoms with Crippen molar-refractivity contribution in [3.63, 3.8) is 0 Å². The highest BCUT2D eigenvalue weighted by molar-refractivity contribution is 8.00. The molecule has 0 radical (unpaired) electrons. The highest BCUT2D eigenvalue weighted by Crippen LogP contribution is 2.22. The summed E-state index contributed by atoms with van der Waals surface area (Å²) in [6.45, 7) is 10.3. The van der Waals surface area contributed by atoms with Crippen molar-refractivity contribution >= 4 is 29.2 Å². The van der Waals surface area contributed by atoms with Gasteiger partial charge in [0.25, 0.3) is 0 Å². The fraction of sp³-hybridized carbons (Fsp3) is 0.533. The van der Waals surface area contributed by atoms with Crippen molar-refractivity contribution in [1.82, 2.24) is 24.9 Å². The Bertz CT molecular complexity index is 666. The molecule has 0 spiro atoms. The fourth-order valence-electron chi connectivity index (χ4n) is 2.05. The summed E-state index contributed by atoms with van der Waals surface area (Å²) in [5.41, 5.74) is 2.77. The average Bonchev–Trinajstić information content (AvgIpc) is 2.92. The number of carbonyl (C=O) groups is 1. The normalized spacial score (nSPS) is 12.4. The Balaban J connectivity index is 1.93. The van der Waals surface area contributed by atoms with Crippen molar-refractivity contribution in [1.29, 1.82) is 0 Å². The molecule has 0 aromatic carbocycles. The van der Waals surface area contributed by atoms with E-state index in [0.29, 0.717) is 17.6 Å². The van der Waals surface area contributed by atoms with E-state index in [1.54, 1.807) is 0 Å². The zero-order valence-corrected chi connectivity index (χ0v) is 15.6. The molecule has 6 nitrogen and oxygen atoms in total. The van der Waals surface area contributed by atoms with Crippen molar-refractivity contribution in [3.05, 3.63) is 28.0 Å². The first-order chi connectivity index (χ1) is 10.9. The molecule has 1 N–H and O–H groups in total. The van der Waals surface area contributed by atoms with E-state index >= 15 is 0 Å². The van der Waals surface area contributed by atoms with Crippen LogP contribution in [0.5, 0.6) is 0 Å². The Labute approximate surface area is 144 Å². The molecule has 0 bridgehead atoms. The van der Waals surface area contributed by atoms with Gasteiger partial charge in [0.15, 0.2) is 5.16 Å². The number of hydrogen-bond donors (Lipinski definition) is 1. The van der Waals surface area contributed by atoms with Crippen LogP contribution in [0.15, 0.2) is 11.2 Å². The molecule has 2 heterocycles. The van der Waals surface area contributed by atoms with Crippen LogP contribution in [0.4, 0.5) is 0 Å². The van der Waals surface area contributed by atoms with Gasteiger partial charge in [-0.05, 0) is 44.3 Å². The minimum absolute atomic E-state index is 0.0409. The Morgan fingerprint density at radius 1 is 1.26 bits per heavy atom. The maximum Gasteiger partial charge on any atom is 0.233 e. The summed E-state index contributed by atoms with van der Waals surface area (Å²) in [6.07, 6.45) is 0. The van der Waals surface area contributed by atoms with Gasteiger partial charge in [-0.3, -0.25) is 4.79 Å². The van der Waals surface area contributed by atoms with E-state index in [0.717, 1.165) is 22.0 Å². The maximum atomic E-state index is 12.3. The van der Waals surface area contributed by atoms with E-state index in [1.165, 1.54) is 23.3 Å². The Morgan fingerprint density at radius 2 is 1.91 bits per heavy atom. The molecule has 8 heteroatoms. The first kappa shape index (κ1) is 17.8. The van der Waals surface area contributed by atoms with E-state index in [4.69, 9.17) is 0 Å². The number of aromatic nitrogens is 4. The summed E-state index contributed by atoms with van der Waals surface area (Å²) in [5, 5.41) is 7.43. The molecule has 23 heavy (non-hydrogen) atoms. The highest BCUT2D eigenvalue weighted by Gasteiger charge is 2.18. The second-order valence-electron chi connectivity index (χ2n) is 5.65. The van der Waals surface area contributed by atoms with Gasteiger partial charge < -0.3 is 5.32 Å². The number of aryl methyl sites for hydroxylation is 2. The summed E-state index contributed by atoms with van der Waals surface area (Å²) in [5.74, 6) is 0.261. The predicted molar refractivity (Wildman–Crippen MR) is 92.7 cm³/mol. The van der Waals surface area contributed by atoms with Gasteiger partial charge in [0.1, 0.15) is 0 Å². The topological polar surface area (TPSA) is 80.7 Å². The Morgan fingerprint density at radius 3 is 2.52 bits per heavy atom. The molecule has 0 aliphatic rings. The molecule has 124 valence electrons. The number of hydrogen-bond acceptors (Lipinski definition) is 7. The second-order valence-corrected chi connectivity index (χ2v) is 7.79. The number of nitrogens with zero attached hydrogens (tertiary/aromatic N) is 4. The second kappa shape index (κ2) is 7.83. The summed E-state index contributed by atoms with van der Waals surface area (Å²) >= 11 is 2.70. The molecule has 0 aliphatic heterocycles. The minimum Gasteiger partial charge on any atom is -0.350 e. The van der Waals surface area contributed by atoms with Crippen molar-refractivity contribution < 1.29 is 4.79 Å². The van der Waals surface area contributed by atoms with Crippen LogP contribution in [0.2, 0.25) is 0 Å². The first-order valence-corrected chi connectivity index (χ1v) is 9.10. The maximum absolute atomic E-state index is 12.3. The Kier molecular flexibility index (Phi) is 6.06. The van der Waals surface area contributed by atoms with E-state index < -0.39 is 0 Å². The van der Waals surface area contributed by atoms with E-state index in [2.05, 4.69) is 38.7 Å². The summed E-state index contributed by atoms with van der Waals surface area (Å²) in [6, 6.07) is 1.92. The first-order valence-electron chi connectivity index (χ1n) is 7.44. The zero-order chi connectivity index (χ0) is 17.0. The van der Waals surface area contributed by atoms with Crippen molar-refractivity contribution in [2.24, 2.45) is 0 Å². The fourth-order valence-corrected chi connectivity index (χ4v) is 3.68. The van der Waals surface area contributed by atoms with Gasteiger partial charge in [0.05, 0.1) is 22.4 Å². The molecule has 0 fully saturated rings. The van der Waals surface area contributed by atoms with Gasteiger partial charge >= 0.3 is 0 Å². The molecule has 0 saturated carbocycles. The average molecular weight is 352 g/mol. The summed E-state index contributed by atoms with van der Waals surface area (Å²) < 4.78 is 3.97. The SMILES string of the molecule is Cc1cc(C)nc(S[C@@H](C)C(=O)NCc2snnc2C(C)C)n1. The zero-order valence-electron chi connectivity index (χ0n) is 14.0. The van der Waals surface area contributed by atoms with Crippen LogP contribution in [0.3, 0.4) is 0 Å². The molecule has 0 unspecified atom stereocenters. The standard InChI is InChI=1S/C15H21N5OS2/c1-8(2)13-12(23-20-19-13)7-16-14(21)11(5)22-15-17-9(3)6-10(4)18-15/h6,8,11H,7H2,1-5H3,(H,16,21)/t11-/m0/s1. The highest BCUT2D eigenvalue weighted by atomic mass is 32.2. The van der Waals surface area contributed by atoms with Crippen LogP contribution >= 0.6 is 23.3 Å². The van der Waals surface area contributed by atoms with Gasteiger partial charge in [0, 0.05) is 11.4 Å². The molecule has 2 rings (SSSR count). The number of nitrogens with one attached hydrogen (secondary N) is 1. The molecule has 2 aromatic heterocycles. The van der Waals surface area contributed by atoms with E-state index in [-0.39, 0.29) is 11.2 Å². The quantitative estimate of drug-likeness (QED) is 0.637. The number of thioether (sulfide) groups is 1. The minimum atomic E-state index is -0.264. The van der Waals surface area contributed by atoms with Gasteiger partial charge in [0.2, 0.25) is 5.91 Å². The number of rotatable bonds is 6. The van der Waals surface area contributed by atoms with E-state index in [9.17, 15) is 4.79 Å². The lowest BCUT2D eigenvalue weighted by atomic mass is 10.1. The van der Waals surface area contributed by atoms with Crippen LogP contribution in [0.25, 0.3) is 0 Å². The Hall–Kier alpha value is -1.54. The van der Waals surface area contributed by atoms with Crippen molar-refractivity contribution in [2.75, 3.05) is 0 Å². The third-order valence-electron chi connectivity index (χ3n) is 3.17. The van der Waals surface area contributed by atoms with Crippen LogP contribution in [0.1, 0.15) is 48.6 Å². The molecule has 1 atom stereocenters. The van der Waals surface area contributed by atoms with Crippen LogP contribution in [0, 0.1) is 13.8 Å². The van der Waals surface area contributed by atoms with E-state index in [1.807, 2.05) is 26.8 Å². The molecular weight excluding hydrogens is 330 g/mol. The predicted octanol–water partition coefficient (Wildman–Crippen LogP) is 2.87. The van der Waals surface area contributed by atoms with Gasteiger partial charge in [-0.25, -0.2) is 9.97 Å². The largest absolute Gasteiger partial charge is 0.350 e. The monoisotopic (exact) mass is 351 g/mol. The lowest BCUT2D eigenvalue weighted by Crippen LogP contribution is -2.30. The smallest absolute Gasteiger partial charge is 0.233 e. The van der Waals surface area contributed by atoms with Gasteiger partial charge in [-0.1, -0.05) is 30.1 Å². The molecule has 2 aromatic rings. The van der Waals surface area contributed by atoms with Crippen LogP contribution in [-0.4, -0.2) is 30.7 Å². The summed E-state index contributed by atoms with van der Waals surface area (Å²) in [4.78, 5) is 22.0. The molecule has 1 amide bonds. The number of carbonyl (C=O) groups excluding carboxylic acids is 1. The van der Waals surface area contributed by atoms with Crippen molar-refractivity contribution in [3.8, 4) is 0 Å². The molecule has 0 aliphatic carbocycles. The third kappa shape index (κ3) is 4.97. The van der Waals surface area contributed by atoms with Crippen LogP contribution < -0.4 is 5.32 Å².